The Hall–Kier alpha value is -3.32. The SMILES string of the molecule is O=C(CNC(=O)c1cccc(Cl)c1)NNC(=O)Cc1c[nH]c2ccccc12. The molecule has 8 heteroatoms. The number of fused-ring (bicyclic) bond motifs is 1. The van der Waals surface area contributed by atoms with Crippen molar-refractivity contribution in [2.75, 3.05) is 6.54 Å². The first-order valence-corrected chi connectivity index (χ1v) is 8.57. The van der Waals surface area contributed by atoms with Gasteiger partial charge in [-0.25, -0.2) is 0 Å². The number of nitrogens with one attached hydrogen (secondary N) is 4. The molecule has 0 radical (unpaired) electrons. The number of hydrogen-bond acceptors (Lipinski definition) is 3. The van der Waals surface area contributed by atoms with Gasteiger partial charge in [0.1, 0.15) is 0 Å². The second kappa shape index (κ2) is 8.37. The maximum Gasteiger partial charge on any atom is 0.257 e. The number of hydrogen-bond donors (Lipinski definition) is 4. The van der Waals surface area contributed by atoms with Gasteiger partial charge in [0.15, 0.2) is 0 Å². The van der Waals surface area contributed by atoms with Gasteiger partial charge in [0.25, 0.3) is 11.8 Å². The molecule has 0 aliphatic heterocycles. The summed E-state index contributed by atoms with van der Waals surface area (Å²) in [6.45, 7) is -0.279. The lowest BCUT2D eigenvalue weighted by Gasteiger charge is -2.08. The molecule has 0 atom stereocenters. The van der Waals surface area contributed by atoms with Gasteiger partial charge in [-0.3, -0.25) is 25.2 Å². The molecular weight excluding hydrogens is 368 g/mol. The zero-order valence-electron chi connectivity index (χ0n) is 14.2. The van der Waals surface area contributed by atoms with Crippen LogP contribution in [0.2, 0.25) is 5.02 Å². The quantitative estimate of drug-likeness (QED) is 0.505. The van der Waals surface area contributed by atoms with E-state index in [9.17, 15) is 14.4 Å². The number of halogens is 1. The third-order valence-corrected chi connectivity index (χ3v) is 4.10. The normalized spacial score (nSPS) is 10.4. The molecule has 3 amide bonds. The van der Waals surface area contributed by atoms with Crippen LogP contribution in [0.25, 0.3) is 10.9 Å². The summed E-state index contributed by atoms with van der Waals surface area (Å²) in [6, 6.07) is 14.0. The Labute approximate surface area is 160 Å². The Kier molecular flexibility index (Phi) is 5.73. The topological polar surface area (TPSA) is 103 Å². The summed E-state index contributed by atoms with van der Waals surface area (Å²) >= 11 is 5.82. The fourth-order valence-corrected chi connectivity index (χ4v) is 2.76. The van der Waals surface area contributed by atoms with Crippen LogP contribution in [0.15, 0.2) is 54.7 Å². The predicted molar refractivity (Wildman–Crippen MR) is 102 cm³/mol. The molecule has 0 saturated heterocycles. The van der Waals surface area contributed by atoms with Crippen LogP contribution in [0.3, 0.4) is 0 Å². The van der Waals surface area contributed by atoms with E-state index >= 15 is 0 Å². The molecule has 138 valence electrons. The monoisotopic (exact) mass is 384 g/mol. The van der Waals surface area contributed by atoms with Gasteiger partial charge in [-0.1, -0.05) is 35.9 Å². The number of carbonyl (C=O) groups is 3. The lowest BCUT2D eigenvalue weighted by molar-refractivity contribution is -0.128. The van der Waals surface area contributed by atoms with Crippen molar-refractivity contribution in [3.8, 4) is 0 Å². The molecule has 0 fully saturated rings. The van der Waals surface area contributed by atoms with Crippen LogP contribution in [0.4, 0.5) is 0 Å². The molecular formula is C19H17ClN4O3. The number of rotatable bonds is 5. The van der Waals surface area contributed by atoms with Crippen molar-refractivity contribution in [3.05, 3.63) is 70.9 Å². The molecule has 0 unspecified atom stereocenters. The van der Waals surface area contributed by atoms with Crippen LogP contribution in [0, 0.1) is 0 Å². The molecule has 1 heterocycles. The minimum absolute atomic E-state index is 0.110. The molecule has 3 aromatic rings. The first kappa shape index (κ1) is 18.5. The van der Waals surface area contributed by atoms with E-state index < -0.39 is 11.8 Å². The zero-order chi connectivity index (χ0) is 19.2. The molecule has 3 rings (SSSR count). The van der Waals surface area contributed by atoms with Crippen molar-refractivity contribution in [2.45, 2.75) is 6.42 Å². The van der Waals surface area contributed by atoms with Gasteiger partial charge >= 0.3 is 0 Å². The van der Waals surface area contributed by atoms with Crippen LogP contribution in [0.5, 0.6) is 0 Å². The third-order valence-electron chi connectivity index (χ3n) is 3.86. The number of para-hydroxylation sites is 1. The minimum atomic E-state index is -0.544. The fraction of sp³-hybridized carbons (Fsp3) is 0.105. The summed E-state index contributed by atoms with van der Waals surface area (Å²) in [7, 11) is 0. The van der Waals surface area contributed by atoms with E-state index in [0.29, 0.717) is 10.6 Å². The summed E-state index contributed by atoms with van der Waals surface area (Å²) in [5.74, 6) is -1.34. The van der Waals surface area contributed by atoms with E-state index in [1.54, 1.807) is 24.4 Å². The van der Waals surface area contributed by atoms with Crippen molar-refractivity contribution in [2.24, 2.45) is 0 Å². The Morgan fingerprint density at radius 2 is 1.74 bits per heavy atom. The predicted octanol–water partition coefficient (Wildman–Crippen LogP) is 1.94. The average molecular weight is 385 g/mol. The highest BCUT2D eigenvalue weighted by molar-refractivity contribution is 6.31. The number of H-pyrrole nitrogens is 1. The van der Waals surface area contributed by atoms with E-state index in [2.05, 4.69) is 21.2 Å². The molecule has 4 N–H and O–H groups in total. The van der Waals surface area contributed by atoms with Crippen molar-refractivity contribution < 1.29 is 14.4 Å². The number of carbonyl (C=O) groups excluding carboxylic acids is 3. The lowest BCUT2D eigenvalue weighted by atomic mass is 10.1. The van der Waals surface area contributed by atoms with E-state index in [1.807, 2.05) is 24.3 Å². The molecule has 0 aliphatic rings. The Balaban J connectivity index is 1.45. The Bertz CT molecular complexity index is 999. The largest absolute Gasteiger partial charge is 0.361 e. The maximum atomic E-state index is 12.0. The van der Waals surface area contributed by atoms with E-state index in [0.717, 1.165) is 16.5 Å². The summed E-state index contributed by atoms with van der Waals surface area (Å²) < 4.78 is 0. The third kappa shape index (κ3) is 4.86. The second-order valence-corrected chi connectivity index (χ2v) is 6.26. The summed E-state index contributed by atoms with van der Waals surface area (Å²) in [6.07, 6.45) is 1.87. The standard InChI is InChI=1S/C19H17ClN4O3/c20-14-5-3-4-12(8-14)19(27)22-11-18(26)24-23-17(25)9-13-10-21-16-7-2-1-6-15(13)16/h1-8,10,21H,9,11H2,(H,22,27)(H,23,25)(H,24,26). The molecule has 0 aliphatic carbocycles. The van der Waals surface area contributed by atoms with Crippen LogP contribution in [-0.2, 0) is 16.0 Å². The van der Waals surface area contributed by atoms with E-state index in [-0.39, 0.29) is 18.9 Å². The Morgan fingerprint density at radius 3 is 2.56 bits per heavy atom. The first-order chi connectivity index (χ1) is 13.0. The van der Waals surface area contributed by atoms with Crippen LogP contribution < -0.4 is 16.2 Å². The first-order valence-electron chi connectivity index (χ1n) is 8.19. The van der Waals surface area contributed by atoms with Crippen molar-refractivity contribution in [1.82, 2.24) is 21.2 Å². The number of hydrazine groups is 1. The van der Waals surface area contributed by atoms with E-state index in [4.69, 9.17) is 11.6 Å². The summed E-state index contributed by atoms with van der Waals surface area (Å²) in [5, 5.41) is 3.83. The van der Waals surface area contributed by atoms with Gasteiger partial charge in [0.05, 0.1) is 13.0 Å². The minimum Gasteiger partial charge on any atom is -0.361 e. The fourth-order valence-electron chi connectivity index (χ4n) is 2.57. The van der Waals surface area contributed by atoms with Gasteiger partial charge < -0.3 is 10.3 Å². The summed E-state index contributed by atoms with van der Waals surface area (Å²) in [4.78, 5) is 38.8. The Morgan fingerprint density at radius 1 is 0.963 bits per heavy atom. The molecule has 0 saturated carbocycles. The van der Waals surface area contributed by atoms with Crippen LogP contribution >= 0.6 is 11.6 Å². The lowest BCUT2D eigenvalue weighted by Crippen LogP contribution is -2.46. The van der Waals surface area contributed by atoms with Crippen molar-refractivity contribution in [1.29, 1.82) is 0 Å². The molecule has 27 heavy (non-hydrogen) atoms. The van der Waals surface area contributed by atoms with Gasteiger partial charge in [-0.15, -0.1) is 0 Å². The smallest absolute Gasteiger partial charge is 0.257 e. The number of aromatic amines is 1. The highest BCUT2D eigenvalue weighted by Crippen LogP contribution is 2.17. The van der Waals surface area contributed by atoms with E-state index in [1.165, 1.54) is 6.07 Å². The van der Waals surface area contributed by atoms with Gasteiger partial charge in [-0.05, 0) is 29.8 Å². The molecule has 1 aromatic heterocycles. The molecule has 0 spiro atoms. The second-order valence-electron chi connectivity index (χ2n) is 5.83. The van der Waals surface area contributed by atoms with Crippen LogP contribution in [-0.4, -0.2) is 29.3 Å². The molecule has 7 nitrogen and oxygen atoms in total. The number of aromatic nitrogens is 1. The average Bonchev–Trinajstić information content (AvgIpc) is 3.07. The highest BCUT2D eigenvalue weighted by Gasteiger charge is 2.11. The zero-order valence-corrected chi connectivity index (χ0v) is 15.0. The maximum absolute atomic E-state index is 12.0. The van der Waals surface area contributed by atoms with Crippen molar-refractivity contribution in [3.63, 3.8) is 0 Å². The van der Waals surface area contributed by atoms with Gasteiger partial charge in [0, 0.05) is 27.7 Å². The number of benzene rings is 2. The van der Waals surface area contributed by atoms with Gasteiger partial charge in [0.2, 0.25) is 5.91 Å². The summed E-state index contributed by atoms with van der Waals surface area (Å²) in [5.41, 5.74) is 6.71. The highest BCUT2D eigenvalue weighted by atomic mass is 35.5. The van der Waals surface area contributed by atoms with Gasteiger partial charge in [-0.2, -0.15) is 0 Å². The van der Waals surface area contributed by atoms with Crippen LogP contribution in [0.1, 0.15) is 15.9 Å². The molecule has 0 bridgehead atoms. The van der Waals surface area contributed by atoms with Crippen molar-refractivity contribution >= 4 is 40.2 Å². The molecule has 2 aromatic carbocycles. The number of amides is 3.